The molecular formula is C27H22O2S2. The smallest absolute Gasteiger partial charge is 0.219 e. The fourth-order valence-electron chi connectivity index (χ4n) is 2.69. The standard InChI is InChI=1S/C27H22O2S2/c1-4-26(28)30-24-15-9-21(10-16-24)6-5-20-7-11-22(12-8-20)23-13-17-25(18-14-23)31-27(29)19(2)3/h4-18H,1-2H2,3H3. The van der Waals surface area contributed by atoms with Crippen molar-refractivity contribution in [3.63, 3.8) is 0 Å². The first-order valence-electron chi connectivity index (χ1n) is 9.65. The summed E-state index contributed by atoms with van der Waals surface area (Å²) in [4.78, 5) is 25.0. The molecule has 3 aromatic carbocycles. The van der Waals surface area contributed by atoms with E-state index >= 15 is 0 Å². The third kappa shape index (κ3) is 6.71. The van der Waals surface area contributed by atoms with Crippen molar-refractivity contribution in [3.05, 3.63) is 109 Å². The van der Waals surface area contributed by atoms with Crippen LogP contribution in [0.25, 0.3) is 23.3 Å². The largest absolute Gasteiger partial charge is 0.282 e. The molecule has 0 fully saturated rings. The number of thioether (sulfide) groups is 2. The van der Waals surface area contributed by atoms with E-state index in [0.29, 0.717) is 5.57 Å². The van der Waals surface area contributed by atoms with E-state index in [2.05, 4.69) is 43.5 Å². The molecular weight excluding hydrogens is 420 g/mol. The van der Waals surface area contributed by atoms with Gasteiger partial charge in [-0.15, -0.1) is 0 Å². The van der Waals surface area contributed by atoms with Crippen molar-refractivity contribution in [1.29, 1.82) is 0 Å². The van der Waals surface area contributed by atoms with Crippen LogP contribution in [0.2, 0.25) is 0 Å². The zero-order chi connectivity index (χ0) is 22.2. The van der Waals surface area contributed by atoms with Crippen LogP contribution in [0.3, 0.4) is 0 Å². The number of rotatable bonds is 7. The Bertz CT molecular complexity index is 1120. The Kier molecular flexibility index (Phi) is 7.88. The molecule has 0 bridgehead atoms. The van der Waals surface area contributed by atoms with Crippen LogP contribution in [0.1, 0.15) is 18.1 Å². The minimum absolute atomic E-state index is 0.0115. The van der Waals surface area contributed by atoms with Crippen LogP contribution >= 0.6 is 23.5 Å². The van der Waals surface area contributed by atoms with Gasteiger partial charge in [0.15, 0.2) is 0 Å². The molecule has 0 aromatic heterocycles. The van der Waals surface area contributed by atoms with E-state index in [0.717, 1.165) is 32.0 Å². The number of carbonyl (C=O) groups is 2. The molecule has 0 saturated carbocycles. The molecule has 0 unspecified atom stereocenters. The molecule has 0 aliphatic heterocycles. The normalized spacial score (nSPS) is 10.7. The lowest BCUT2D eigenvalue weighted by Crippen LogP contribution is -1.90. The lowest BCUT2D eigenvalue weighted by atomic mass is 10.0. The van der Waals surface area contributed by atoms with Crippen LogP contribution in [0.5, 0.6) is 0 Å². The predicted molar refractivity (Wildman–Crippen MR) is 134 cm³/mol. The van der Waals surface area contributed by atoms with Crippen LogP contribution in [0, 0.1) is 0 Å². The SMILES string of the molecule is C=CC(=O)Sc1ccc(C=Cc2ccc(-c3ccc(SC(=O)C(=C)C)cc3)cc2)cc1. The van der Waals surface area contributed by atoms with E-state index in [1.807, 2.05) is 54.6 Å². The van der Waals surface area contributed by atoms with Crippen molar-refractivity contribution in [3.8, 4) is 11.1 Å². The van der Waals surface area contributed by atoms with E-state index in [1.54, 1.807) is 6.92 Å². The molecule has 0 saturated heterocycles. The molecule has 0 aliphatic rings. The summed E-state index contributed by atoms with van der Waals surface area (Å²) in [6, 6.07) is 24.1. The first kappa shape index (κ1) is 22.6. The van der Waals surface area contributed by atoms with Crippen molar-refractivity contribution in [2.24, 2.45) is 0 Å². The summed E-state index contributed by atoms with van der Waals surface area (Å²) >= 11 is 2.37. The van der Waals surface area contributed by atoms with Gasteiger partial charge in [-0.3, -0.25) is 9.59 Å². The van der Waals surface area contributed by atoms with Gasteiger partial charge in [-0.2, -0.15) is 0 Å². The summed E-state index contributed by atoms with van der Waals surface area (Å²) in [5.74, 6) is 0. The molecule has 0 radical (unpaired) electrons. The van der Waals surface area contributed by atoms with Gasteiger partial charge in [0.1, 0.15) is 0 Å². The molecule has 3 aromatic rings. The van der Waals surface area contributed by atoms with Gasteiger partial charge in [-0.1, -0.05) is 73.8 Å². The van der Waals surface area contributed by atoms with Crippen LogP contribution in [0.4, 0.5) is 0 Å². The zero-order valence-corrected chi connectivity index (χ0v) is 18.8. The monoisotopic (exact) mass is 442 g/mol. The van der Waals surface area contributed by atoms with Crippen LogP contribution < -0.4 is 0 Å². The van der Waals surface area contributed by atoms with Gasteiger partial charge in [0.05, 0.1) is 0 Å². The van der Waals surface area contributed by atoms with Crippen molar-refractivity contribution >= 4 is 45.9 Å². The molecule has 0 heterocycles. The highest BCUT2D eigenvalue weighted by molar-refractivity contribution is 8.14. The minimum atomic E-state index is -0.0582. The first-order chi connectivity index (χ1) is 14.9. The van der Waals surface area contributed by atoms with Gasteiger partial charge in [-0.05, 0) is 88.6 Å². The molecule has 31 heavy (non-hydrogen) atoms. The maximum Gasteiger partial charge on any atom is 0.219 e. The summed E-state index contributed by atoms with van der Waals surface area (Å²) in [6.07, 6.45) is 5.42. The Morgan fingerprint density at radius 2 is 1.13 bits per heavy atom. The fraction of sp³-hybridized carbons (Fsp3) is 0.0370. The van der Waals surface area contributed by atoms with Gasteiger partial charge in [0.25, 0.3) is 0 Å². The average Bonchev–Trinajstić information content (AvgIpc) is 2.79. The Hall–Kier alpha value is -3.08. The minimum Gasteiger partial charge on any atom is -0.282 e. The van der Waals surface area contributed by atoms with Crippen LogP contribution in [-0.4, -0.2) is 10.2 Å². The molecule has 0 amide bonds. The van der Waals surface area contributed by atoms with Crippen LogP contribution in [0.15, 0.2) is 107 Å². The molecule has 0 aliphatic carbocycles. The molecule has 3 rings (SSSR count). The van der Waals surface area contributed by atoms with Gasteiger partial charge in [-0.25, -0.2) is 0 Å². The third-order valence-corrected chi connectivity index (χ3v) is 6.31. The van der Waals surface area contributed by atoms with Crippen LogP contribution in [-0.2, 0) is 9.59 Å². The summed E-state index contributed by atoms with van der Waals surface area (Å²) in [5, 5.41) is -0.0698. The van der Waals surface area contributed by atoms with Crippen molar-refractivity contribution in [1.82, 2.24) is 0 Å². The Morgan fingerprint density at radius 1 is 0.710 bits per heavy atom. The average molecular weight is 443 g/mol. The van der Waals surface area contributed by atoms with Crippen molar-refractivity contribution in [2.75, 3.05) is 0 Å². The van der Waals surface area contributed by atoms with Crippen molar-refractivity contribution < 1.29 is 9.59 Å². The highest BCUT2D eigenvalue weighted by atomic mass is 32.2. The van der Waals surface area contributed by atoms with E-state index in [9.17, 15) is 9.59 Å². The van der Waals surface area contributed by atoms with Gasteiger partial charge in [0, 0.05) is 9.79 Å². The number of hydrogen-bond donors (Lipinski definition) is 0. The number of carbonyl (C=O) groups excluding carboxylic acids is 2. The number of benzene rings is 3. The van der Waals surface area contributed by atoms with E-state index in [4.69, 9.17) is 0 Å². The summed E-state index contributed by atoms with van der Waals surface area (Å²) < 4.78 is 0. The van der Waals surface area contributed by atoms with Gasteiger partial charge in [0.2, 0.25) is 10.2 Å². The molecule has 0 atom stereocenters. The molecule has 4 heteroatoms. The Balaban J connectivity index is 1.63. The second-order valence-corrected chi connectivity index (χ2v) is 8.97. The molecule has 154 valence electrons. The second-order valence-electron chi connectivity index (χ2n) is 6.84. The third-order valence-electron chi connectivity index (χ3n) is 4.39. The van der Waals surface area contributed by atoms with E-state index in [1.165, 1.54) is 29.6 Å². The van der Waals surface area contributed by atoms with E-state index in [-0.39, 0.29) is 10.2 Å². The highest BCUT2D eigenvalue weighted by Crippen LogP contribution is 2.26. The zero-order valence-electron chi connectivity index (χ0n) is 17.2. The lowest BCUT2D eigenvalue weighted by molar-refractivity contribution is -0.108. The van der Waals surface area contributed by atoms with Gasteiger partial charge < -0.3 is 0 Å². The second kappa shape index (κ2) is 10.8. The maximum absolute atomic E-state index is 11.8. The van der Waals surface area contributed by atoms with Gasteiger partial charge >= 0.3 is 0 Å². The Labute approximate surface area is 191 Å². The number of hydrogen-bond acceptors (Lipinski definition) is 4. The molecule has 0 N–H and O–H groups in total. The topological polar surface area (TPSA) is 34.1 Å². The summed E-state index contributed by atoms with van der Waals surface area (Å²) in [6.45, 7) is 8.89. The maximum atomic E-state index is 11.8. The fourth-order valence-corrected chi connectivity index (χ4v) is 3.94. The molecule has 2 nitrogen and oxygen atoms in total. The Morgan fingerprint density at radius 3 is 1.61 bits per heavy atom. The quantitative estimate of drug-likeness (QED) is 0.215. The van der Waals surface area contributed by atoms with Crippen molar-refractivity contribution in [2.45, 2.75) is 16.7 Å². The molecule has 0 spiro atoms. The van der Waals surface area contributed by atoms with E-state index < -0.39 is 0 Å². The highest BCUT2D eigenvalue weighted by Gasteiger charge is 2.06. The summed E-state index contributed by atoms with van der Waals surface area (Å²) in [7, 11) is 0. The predicted octanol–water partition coefficient (Wildman–Crippen LogP) is 7.52. The summed E-state index contributed by atoms with van der Waals surface area (Å²) in [5.41, 5.74) is 4.94. The lowest BCUT2D eigenvalue weighted by Gasteiger charge is -2.05. The first-order valence-corrected chi connectivity index (χ1v) is 11.3.